The summed E-state index contributed by atoms with van der Waals surface area (Å²) < 4.78 is 39.1. The Bertz CT molecular complexity index is 207. The largest absolute Gasteiger partial charge is 0.462 e. The molecule has 84 valence electrons. The number of rotatable bonds is 6. The zero-order valence-corrected chi connectivity index (χ0v) is 8.98. The fourth-order valence-corrected chi connectivity index (χ4v) is 1.64. The summed E-state index contributed by atoms with van der Waals surface area (Å²) in [6, 6.07) is 0. The van der Waals surface area contributed by atoms with Gasteiger partial charge in [-0.15, -0.1) is 0 Å². The maximum Gasteiger partial charge on any atom is 0.318 e. The number of hydrogen-bond acceptors (Lipinski definition) is 3. The van der Waals surface area contributed by atoms with Crippen molar-refractivity contribution < 1.29 is 22.5 Å². The normalized spacial score (nSPS) is 13.3. The quantitative estimate of drug-likeness (QED) is 0.644. The number of alkyl halides is 2. The standard InChI is InChI=1S/C8H14F2O3S/c1-6(2)13-8(11)5-14(12)4-3-7(9)10/h6-7H,3-5H2,1-2H3. The highest BCUT2D eigenvalue weighted by molar-refractivity contribution is 7.85. The van der Waals surface area contributed by atoms with Crippen LogP contribution in [-0.4, -0.2) is 34.2 Å². The highest BCUT2D eigenvalue weighted by Crippen LogP contribution is 2.01. The summed E-state index contributed by atoms with van der Waals surface area (Å²) >= 11 is 0. The molecule has 0 N–H and O–H groups in total. The lowest BCUT2D eigenvalue weighted by Gasteiger charge is -2.07. The van der Waals surface area contributed by atoms with Crippen LogP contribution >= 0.6 is 0 Å². The Kier molecular flexibility index (Phi) is 6.61. The van der Waals surface area contributed by atoms with E-state index in [4.69, 9.17) is 4.74 Å². The van der Waals surface area contributed by atoms with Gasteiger partial charge in [0.15, 0.2) is 0 Å². The molecular formula is C8H14F2O3S. The molecule has 6 heteroatoms. The van der Waals surface area contributed by atoms with Gasteiger partial charge in [-0.3, -0.25) is 9.00 Å². The molecule has 0 saturated heterocycles. The van der Waals surface area contributed by atoms with Crippen LogP contribution in [0.2, 0.25) is 0 Å². The second-order valence-corrected chi connectivity index (χ2v) is 4.58. The van der Waals surface area contributed by atoms with Gasteiger partial charge in [0.25, 0.3) is 0 Å². The van der Waals surface area contributed by atoms with E-state index in [2.05, 4.69) is 0 Å². The molecule has 0 aromatic rings. The summed E-state index contributed by atoms with van der Waals surface area (Å²) in [5.74, 6) is -1.07. The van der Waals surface area contributed by atoms with E-state index in [1.54, 1.807) is 13.8 Å². The Balaban J connectivity index is 3.66. The first-order chi connectivity index (χ1) is 6.41. The summed E-state index contributed by atoms with van der Waals surface area (Å²) in [7, 11) is -1.54. The first-order valence-electron chi connectivity index (χ1n) is 4.24. The van der Waals surface area contributed by atoms with Gasteiger partial charge in [0.1, 0.15) is 5.75 Å². The molecule has 1 atom stereocenters. The van der Waals surface area contributed by atoms with Crippen molar-refractivity contribution in [3.8, 4) is 0 Å². The zero-order valence-electron chi connectivity index (χ0n) is 8.16. The van der Waals surface area contributed by atoms with Crippen molar-refractivity contribution >= 4 is 16.8 Å². The Labute approximate surface area is 84.3 Å². The highest BCUT2D eigenvalue weighted by atomic mass is 32.2. The molecule has 0 radical (unpaired) electrons. The smallest absolute Gasteiger partial charge is 0.318 e. The minimum atomic E-state index is -2.47. The van der Waals surface area contributed by atoms with Gasteiger partial charge in [-0.2, -0.15) is 0 Å². The molecule has 0 heterocycles. The molecule has 0 rings (SSSR count). The van der Waals surface area contributed by atoms with Gasteiger partial charge in [0, 0.05) is 23.0 Å². The van der Waals surface area contributed by atoms with E-state index in [1.165, 1.54) is 0 Å². The summed E-state index contributed by atoms with van der Waals surface area (Å²) in [6.45, 7) is 3.33. The van der Waals surface area contributed by atoms with Crippen molar-refractivity contribution in [2.75, 3.05) is 11.5 Å². The van der Waals surface area contributed by atoms with Crippen LogP contribution in [0.15, 0.2) is 0 Å². The topological polar surface area (TPSA) is 43.4 Å². The molecule has 0 bridgehead atoms. The number of ether oxygens (including phenoxy) is 1. The van der Waals surface area contributed by atoms with Crippen molar-refractivity contribution in [1.82, 2.24) is 0 Å². The molecule has 14 heavy (non-hydrogen) atoms. The lowest BCUT2D eigenvalue weighted by Crippen LogP contribution is -2.20. The molecule has 0 fully saturated rings. The molecule has 3 nitrogen and oxygen atoms in total. The van der Waals surface area contributed by atoms with E-state index in [0.717, 1.165) is 0 Å². The second-order valence-electron chi connectivity index (χ2n) is 3.01. The molecule has 0 aromatic carbocycles. The van der Waals surface area contributed by atoms with Crippen LogP contribution in [0.1, 0.15) is 20.3 Å². The van der Waals surface area contributed by atoms with E-state index in [9.17, 15) is 17.8 Å². The predicted octanol–water partition coefficient (Wildman–Crippen LogP) is 1.34. The SMILES string of the molecule is CC(C)OC(=O)CS(=O)CCC(F)F. The van der Waals surface area contributed by atoms with Gasteiger partial charge in [-0.1, -0.05) is 0 Å². The van der Waals surface area contributed by atoms with Crippen molar-refractivity contribution in [3.63, 3.8) is 0 Å². The molecule has 0 spiro atoms. The molecule has 0 saturated carbocycles. The maximum atomic E-state index is 11.7. The van der Waals surface area contributed by atoms with Gasteiger partial charge in [0.05, 0.1) is 6.10 Å². The third kappa shape index (κ3) is 8.10. The lowest BCUT2D eigenvalue weighted by atomic mass is 10.5. The Hall–Kier alpha value is -0.520. The van der Waals surface area contributed by atoms with E-state index in [-0.39, 0.29) is 17.6 Å². The third-order valence-electron chi connectivity index (χ3n) is 1.21. The molecule has 0 amide bonds. The third-order valence-corrected chi connectivity index (χ3v) is 2.46. The fraction of sp³-hybridized carbons (Fsp3) is 0.875. The van der Waals surface area contributed by atoms with Gasteiger partial charge in [-0.05, 0) is 13.8 Å². The average molecular weight is 228 g/mol. The van der Waals surface area contributed by atoms with Crippen molar-refractivity contribution in [2.45, 2.75) is 32.8 Å². The number of esters is 1. The molecule has 1 unspecified atom stereocenters. The highest BCUT2D eigenvalue weighted by Gasteiger charge is 2.12. The first kappa shape index (κ1) is 13.5. The zero-order chi connectivity index (χ0) is 11.1. The van der Waals surface area contributed by atoms with Crippen molar-refractivity contribution in [2.24, 2.45) is 0 Å². The van der Waals surface area contributed by atoms with Gasteiger partial charge in [-0.25, -0.2) is 8.78 Å². The van der Waals surface area contributed by atoms with E-state index < -0.39 is 29.6 Å². The van der Waals surface area contributed by atoms with E-state index >= 15 is 0 Å². The summed E-state index contributed by atoms with van der Waals surface area (Å²) in [5.41, 5.74) is 0. The molecule has 0 aliphatic heterocycles. The van der Waals surface area contributed by atoms with Gasteiger partial charge in [0.2, 0.25) is 6.43 Å². The second kappa shape index (κ2) is 6.86. The predicted molar refractivity (Wildman–Crippen MR) is 49.7 cm³/mol. The minimum absolute atomic E-state index is 0.162. The van der Waals surface area contributed by atoms with E-state index in [0.29, 0.717) is 0 Å². The number of halogens is 2. The summed E-state index contributed by atoms with van der Waals surface area (Å²) in [5, 5.41) is 0. The van der Waals surface area contributed by atoms with Crippen LogP contribution in [0.25, 0.3) is 0 Å². The summed E-state index contributed by atoms with van der Waals surface area (Å²) in [4.78, 5) is 10.9. The Morgan fingerprint density at radius 3 is 2.43 bits per heavy atom. The monoisotopic (exact) mass is 228 g/mol. The molecule has 0 aromatic heterocycles. The van der Waals surface area contributed by atoms with Crippen LogP contribution in [0.3, 0.4) is 0 Å². The Morgan fingerprint density at radius 2 is 2.00 bits per heavy atom. The minimum Gasteiger partial charge on any atom is -0.462 e. The average Bonchev–Trinajstić information content (AvgIpc) is 1.98. The first-order valence-corrected chi connectivity index (χ1v) is 5.73. The number of carbonyl (C=O) groups excluding carboxylic acids is 1. The van der Waals surface area contributed by atoms with Crippen molar-refractivity contribution in [1.29, 1.82) is 0 Å². The van der Waals surface area contributed by atoms with E-state index in [1.807, 2.05) is 0 Å². The van der Waals surface area contributed by atoms with Crippen LogP contribution in [0, 0.1) is 0 Å². The van der Waals surface area contributed by atoms with Crippen LogP contribution < -0.4 is 0 Å². The fourth-order valence-electron chi connectivity index (χ4n) is 0.721. The van der Waals surface area contributed by atoms with Crippen molar-refractivity contribution in [3.05, 3.63) is 0 Å². The number of carbonyl (C=O) groups is 1. The number of hydrogen-bond donors (Lipinski definition) is 0. The Morgan fingerprint density at radius 1 is 1.43 bits per heavy atom. The van der Waals surface area contributed by atoms with Gasteiger partial charge >= 0.3 is 5.97 Å². The van der Waals surface area contributed by atoms with Crippen LogP contribution in [0.4, 0.5) is 8.78 Å². The molecule has 0 aliphatic rings. The molecular weight excluding hydrogens is 214 g/mol. The van der Waals surface area contributed by atoms with Crippen LogP contribution in [0.5, 0.6) is 0 Å². The molecule has 0 aliphatic carbocycles. The van der Waals surface area contributed by atoms with Crippen LogP contribution in [-0.2, 0) is 20.3 Å². The lowest BCUT2D eigenvalue weighted by molar-refractivity contribution is -0.144. The maximum absolute atomic E-state index is 11.7. The van der Waals surface area contributed by atoms with Gasteiger partial charge < -0.3 is 4.74 Å². The summed E-state index contributed by atoms with van der Waals surface area (Å²) in [6.07, 6.45) is -3.18.